The van der Waals surface area contributed by atoms with Crippen molar-refractivity contribution in [1.82, 2.24) is 0 Å². The molecule has 1 unspecified atom stereocenters. The molecule has 110 valence electrons. The molecular formula is C17H19NO3. The molecule has 0 amide bonds. The van der Waals surface area contributed by atoms with Crippen LogP contribution in [0.3, 0.4) is 0 Å². The van der Waals surface area contributed by atoms with E-state index in [0.29, 0.717) is 0 Å². The lowest BCUT2D eigenvalue weighted by Crippen LogP contribution is -1.99. The van der Waals surface area contributed by atoms with Crippen LogP contribution in [0.1, 0.15) is 17.4 Å². The minimum Gasteiger partial charge on any atom is -0.497 e. The molecule has 0 fully saturated rings. The molecule has 0 aliphatic rings. The maximum absolute atomic E-state index is 5.41. The van der Waals surface area contributed by atoms with Crippen LogP contribution in [-0.4, -0.2) is 27.5 Å². The Balaban J connectivity index is 2.11. The smallest absolute Gasteiger partial charge is 0.173 e. The zero-order chi connectivity index (χ0) is 15.1. The van der Waals surface area contributed by atoms with E-state index in [-0.39, 0.29) is 6.23 Å². The Kier molecular flexibility index (Phi) is 5.35. The van der Waals surface area contributed by atoms with Crippen molar-refractivity contribution in [2.45, 2.75) is 6.23 Å². The molecular weight excluding hydrogens is 266 g/mol. The Morgan fingerprint density at radius 3 is 1.81 bits per heavy atom. The first kappa shape index (κ1) is 15.1. The van der Waals surface area contributed by atoms with Gasteiger partial charge in [0, 0.05) is 18.9 Å². The average Bonchev–Trinajstić information content (AvgIpc) is 2.56. The fourth-order valence-electron chi connectivity index (χ4n) is 1.90. The first-order valence-electron chi connectivity index (χ1n) is 6.61. The van der Waals surface area contributed by atoms with Gasteiger partial charge in [0.2, 0.25) is 0 Å². The van der Waals surface area contributed by atoms with Crippen LogP contribution in [-0.2, 0) is 4.74 Å². The van der Waals surface area contributed by atoms with Gasteiger partial charge in [0.1, 0.15) is 11.5 Å². The van der Waals surface area contributed by atoms with Gasteiger partial charge >= 0.3 is 0 Å². The highest BCUT2D eigenvalue weighted by Crippen LogP contribution is 2.21. The fourth-order valence-corrected chi connectivity index (χ4v) is 1.90. The van der Waals surface area contributed by atoms with Gasteiger partial charge in [-0.05, 0) is 42.0 Å². The molecule has 4 heteroatoms. The van der Waals surface area contributed by atoms with Crippen molar-refractivity contribution in [3.05, 3.63) is 59.7 Å². The second-order valence-corrected chi connectivity index (χ2v) is 4.41. The molecule has 21 heavy (non-hydrogen) atoms. The van der Waals surface area contributed by atoms with E-state index in [1.165, 1.54) is 0 Å². The summed E-state index contributed by atoms with van der Waals surface area (Å²) in [7, 11) is 4.93. The van der Waals surface area contributed by atoms with Crippen LogP contribution < -0.4 is 9.47 Å². The molecule has 0 radical (unpaired) electrons. The van der Waals surface area contributed by atoms with Crippen LogP contribution in [0.4, 0.5) is 0 Å². The number of methoxy groups -OCH3 is 3. The highest BCUT2D eigenvalue weighted by Gasteiger charge is 2.07. The molecule has 4 nitrogen and oxygen atoms in total. The molecule has 0 N–H and O–H groups in total. The molecule has 0 aliphatic heterocycles. The van der Waals surface area contributed by atoms with Gasteiger partial charge in [-0.15, -0.1) is 0 Å². The van der Waals surface area contributed by atoms with Crippen molar-refractivity contribution in [3.8, 4) is 11.5 Å². The molecule has 0 aliphatic carbocycles. The molecule has 0 bridgehead atoms. The van der Waals surface area contributed by atoms with Gasteiger partial charge < -0.3 is 14.2 Å². The van der Waals surface area contributed by atoms with E-state index in [1.54, 1.807) is 27.5 Å². The van der Waals surface area contributed by atoms with E-state index < -0.39 is 0 Å². The number of hydrogen-bond donors (Lipinski definition) is 0. The third-order valence-corrected chi connectivity index (χ3v) is 3.10. The molecule has 1 atom stereocenters. The van der Waals surface area contributed by atoms with Crippen molar-refractivity contribution in [3.63, 3.8) is 0 Å². The molecule has 0 spiro atoms. The number of aliphatic imine (C=N–C) groups is 1. The van der Waals surface area contributed by atoms with Crippen molar-refractivity contribution < 1.29 is 14.2 Å². The van der Waals surface area contributed by atoms with E-state index in [9.17, 15) is 0 Å². The van der Waals surface area contributed by atoms with E-state index in [0.717, 1.165) is 22.6 Å². The average molecular weight is 285 g/mol. The molecule has 0 saturated carbocycles. The van der Waals surface area contributed by atoms with E-state index in [4.69, 9.17) is 14.2 Å². The second kappa shape index (κ2) is 7.45. The Labute approximate surface area is 125 Å². The monoisotopic (exact) mass is 285 g/mol. The third kappa shape index (κ3) is 4.07. The predicted molar refractivity (Wildman–Crippen MR) is 83.3 cm³/mol. The second-order valence-electron chi connectivity index (χ2n) is 4.41. The number of nitrogens with zero attached hydrogens (tertiary/aromatic N) is 1. The summed E-state index contributed by atoms with van der Waals surface area (Å²) in [6, 6.07) is 15.4. The maximum Gasteiger partial charge on any atom is 0.173 e. The van der Waals surface area contributed by atoms with Crippen molar-refractivity contribution >= 4 is 6.21 Å². The Morgan fingerprint density at radius 2 is 1.33 bits per heavy atom. The van der Waals surface area contributed by atoms with Crippen LogP contribution in [0.5, 0.6) is 11.5 Å². The standard InChI is InChI=1S/C17H19NO3/c1-19-15-8-4-13(5-9-15)12-18-17(21-3)14-6-10-16(20-2)11-7-14/h4-12,17H,1-3H3. The summed E-state index contributed by atoms with van der Waals surface area (Å²) < 4.78 is 15.7. The number of benzene rings is 2. The largest absolute Gasteiger partial charge is 0.497 e. The van der Waals surface area contributed by atoms with Gasteiger partial charge in [-0.2, -0.15) is 0 Å². The zero-order valence-corrected chi connectivity index (χ0v) is 12.4. The molecule has 0 aromatic heterocycles. The Morgan fingerprint density at radius 1 is 0.810 bits per heavy atom. The summed E-state index contributed by atoms with van der Waals surface area (Å²) in [5.41, 5.74) is 1.97. The van der Waals surface area contributed by atoms with Gasteiger partial charge in [-0.3, -0.25) is 4.99 Å². The van der Waals surface area contributed by atoms with Crippen molar-refractivity contribution in [1.29, 1.82) is 0 Å². The molecule has 2 aromatic carbocycles. The lowest BCUT2D eigenvalue weighted by Gasteiger charge is -2.11. The minimum absolute atomic E-state index is 0.335. The number of hydrogen-bond acceptors (Lipinski definition) is 4. The van der Waals surface area contributed by atoms with Crippen LogP contribution in [0.2, 0.25) is 0 Å². The van der Waals surface area contributed by atoms with Gasteiger partial charge in [0.15, 0.2) is 6.23 Å². The summed E-state index contributed by atoms with van der Waals surface area (Å²) in [4.78, 5) is 4.46. The lowest BCUT2D eigenvalue weighted by molar-refractivity contribution is 0.112. The first-order valence-corrected chi connectivity index (χ1v) is 6.61. The van der Waals surface area contributed by atoms with Crippen LogP contribution >= 0.6 is 0 Å². The van der Waals surface area contributed by atoms with E-state index >= 15 is 0 Å². The van der Waals surface area contributed by atoms with Crippen LogP contribution in [0.15, 0.2) is 53.5 Å². The minimum atomic E-state index is -0.335. The summed E-state index contributed by atoms with van der Waals surface area (Å²) in [6.45, 7) is 0. The van der Waals surface area contributed by atoms with Gasteiger partial charge in [0.05, 0.1) is 14.2 Å². The number of ether oxygens (including phenoxy) is 3. The van der Waals surface area contributed by atoms with Crippen LogP contribution in [0.25, 0.3) is 0 Å². The topological polar surface area (TPSA) is 40.0 Å². The first-order chi connectivity index (χ1) is 10.3. The Bertz CT molecular complexity index is 576. The van der Waals surface area contributed by atoms with Gasteiger partial charge in [-0.1, -0.05) is 12.1 Å². The molecule has 2 aromatic rings. The zero-order valence-electron chi connectivity index (χ0n) is 12.4. The molecule has 0 heterocycles. The normalized spacial score (nSPS) is 12.3. The van der Waals surface area contributed by atoms with Crippen LogP contribution in [0, 0.1) is 0 Å². The van der Waals surface area contributed by atoms with E-state index in [1.807, 2.05) is 48.5 Å². The molecule has 0 saturated heterocycles. The molecule has 2 rings (SSSR count). The maximum atomic E-state index is 5.41. The highest BCUT2D eigenvalue weighted by atomic mass is 16.5. The van der Waals surface area contributed by atoms with Crippen molar-refractivity contribution in [2.75, 3.05) is 21.3 Å². The SMILES string of the molecule is COc1ccc(C=NC(OC)c2ccc(OC)cc2)cc1. The fraction of sp³-hybridized carbons (Fsp3) is 0.235. The van der Waals surface area contributed by atoms with Gasteiger partial charge in [0.25, 0.3) is 0 Å². The summed E-state index contributed by atoms with van der Waals surface area (Å²) in [5, 5.41) is 0. The third-order valence-electron chi connectivity index (χ3n) is 3.10. The predicted octanol–water partition coefficient (Wildman–Crippen LogP) is 3.47. The summed E-state index contributed by atoms with van der Waals surface area (Å²) >= 11 is 0. The summed E-state index contributed by atoms with van der Waals surface area (Å²) in [6.07, 6.45) is 1.45. The van der Waals surface area contributed by atoms with Gasteiger partial charge in [-0.25, -0.2) is 0 Å². The van der Waals surface area contributed by atoms with E-state index in [2.05, 4.69) is 4.99 Å². The number of rotatable bonds is 6. The van der Waals surface area contributed by atoms with Crippen molar-refractivity contribution in [2.24, 2.45) is 4.99 Å². The quantitative estimate of drug-likeness (QED) is 0.763. The highest BCUT2D eigenvalue weighted by molar-refractivity contribution is 5.79. The summed E-state index contributed by atoms with van der Waals surface area (Å²) in [5.74, 6) is 1.64. The Hall–Kier alpha value is -2.33. The lowest BCUT2D eigenvalue weighted by atomic mass is 10.2.